The van der Waals surface area contributed by atoms with Gasteiger partial charge in [-0.2, -0.15) is 29.9 Å². The molecule has 9 aromatic rings. The van der Waals surface area contributed by atoms with Crippen molar-refractivity contribution in [1.29, 1.82) is 0 Å². The Bertz CT molecular complexity index is 5170. The number of nitrogens with zero attached hydrogens (tertiary/aromatic N) is 10. The van der Waals surface area contributed by atoms with E-state index >= 15 is 0 Å². The standard InChI is InChI=1S/C45H32Cl2N14O20S6.K.Na/c46-40-52-42(56-44(54-40)50-28-17-24(82(64,65)66)13-21-15-32(86(76,77)78)36(38(62)34(21)28)60-58-26-5-1-3-7-30(26)84(70,71)72)48-19-20-9-11-23(12-10-20)49-43-53-41(47)55-45(57-43)51-29-18-25(83(67,68)69)14-22-16-33(87(79,80)81)37(39(63)35(22)29)61-59-27-6-2-4-8-31(27)85(73,74)75;;/h1-18,62-63H,19H2,(H,64,65,66)(H,67,68,69)(H,70,71,72)(H,73,74,75)(H,76,77,78)(H,79,80,81)(H2,48,50,52,54,56)(H2,49,51,53,55,57);;/q;2*+1/p-6. The minimum Gasteiger partial charge on any atom is -0.744 e. The van der Waals surface area contributed by atoms with Crippen LogP contribution in [0.25, 0.3) is 21.5 Å². The molecule has 0 aliphatic rings. The third kappa shape index (κ3) is 16.6. The minimum atomic E-state index is -5.65. The van der Waals surface area contributed by atoms with Gasteiger partial charge in [-0.1, -0.05) is 36.4 Å². The number of anilines is 7. The van der Waals surface area contributed by atoms with Crippen LogP contribution in [0.3, 0.4) is 0 Å². The number of phenolic OH excluding ortho intramolecular Hbond substituents is 2. The van der Waals surface area contributed by atoms with Crippen molar-refractivity contribution in [1.82, 2.24) is 29.9 Å². The Hall–Kier alpha value is -6.24. The van der Waals surface area contributed by atoms with Gasteiger partial charge >= 0.3 is 80.9 Å². The molecule has 0 aliphatic carbocycles. The molecule has 0 radical (unpaired) electrons. The first-order valence-electron chi connectivity index (χ1n) is 22.9. The summed E-state index contributed by atoms with van der Waals surface area (Å²) in [6.45, 7) is -0.0868. The van der Waals surface area contributed by atoms with Crippen LogP contribution in [0.2, 0.25) is 10.6 Å². The molecule has 0 bridgehead atoms. The molecule has 0 saturated carbocycles. The Balaban J connectivity index is 0.00000564. The van der Waals surface area contributed by atoms with Crippen molar-refractivity contribution in [3.63, 3.8) is 0 Å². The fourth-order valence-electron chi connectivity index (χ4n) is 7.89. The summed E-state index contributed by atoms with van der Waals surface area (Å²) in [7, 11) is -32.5. The number of phenols is 2. The summed E-state index contributed by atoms with van der Waals surface area (Å²) in [5.74, 6) is -4.00. The van der Waals surface area contributed by atoms with E-state index in [1.807, 2.05) is 0 Å². The molecule has 0 saturated heterocycles. The van der Waals surface area contributed by atoms with Gasteiger partial charge in [-0.05, 0) is 112 Å². The first kappa shape index (κ1) is 70.2. The summed E-state index contributed by atoms with van der Waals surface area (Å²) in [6.07, 6.45) is 0. The van der Waals surface area contributed by atoms with Gasteiger partial charge in [0.2, 0.25) is 34.4 Å². The Kier molecular flexibility index (Phi) is 21.2. The zero-order valence-electron chi connectivity index (χ0n) is 44.0. The molecule has 0 amide bonds. The summed E-state index contributed by atoms with van der Waals surface area (Å²) < 4.78 is 220. The normalized spacial score (nSPS) is 12.4. The van der Waals surface area contributed by atoms with Crippen molar-refractivity contribution >= 4 is 169 Å². The molecular weight excluding hydrogens is 1380 g/mol. The monoisotopic (exact) mass is 1410 g/mol. The van der Waals surface area contributed by atoms with E-state index in [1.165, 1.54) is 24.3 Å². The number of fused-ring (bicyclic) bond motifs is 2. The fourth-order valence-corrected chi connectivity index (χ4v) is 11.8. The maximum absolute atomic E-state index is 12.5. The minimum absolute atomic E-state index is 0. The number of aromatic hydroxyl groups is 2. The number of rotatable bonds is 19. The molecule has 0 aliphatic heterocycles. The zero-order valence-corrected chi connectivity index (χ0v) is 55.6. The van der Waals surface area contributed by atoms with Crippen molar-refractivity contribution in [3.8, 4) is 11.5 Å². The molecule has 44 heteroatoms. The molecule has 7 aromatic carbocycles. The van der Waals surface area contributed by atoms with E-state index in [-0.39, 0.29) is 105 Å². The smallest absolute Gasteiger partial charge is 0.744 e. The molecule has 452 valence electrons. The fraction of sp³-hybridized carbons (Fsp3) is 0.0222. The van der Waals surface area contributed by atoms with E-state index in [0.717, 1.165) is 36.4 Å². The van der Waals surface area contributed by atoms with Crippen molar-refractivity contribution in [2.24, 2.45) is 20.5 Å². The van der Waals surface area contributed by atoms with Crippen molar-refractivity contribution in [2.45, 2.75) is 35.9 Å². The molecule has 9 rings (SSSR count). The van der Waals surface area contributed by atoms with Gasteiger partial charge in [0, 0.05) is 23.0 Å². The molecule has 0 unspecified atom stereocenters. The molecule has 2 aromatic heterocycles. The quantitative estimate of drug-likeness (QED) is 0.0357. The largest absolute Gasteiger partial charge is 1.00 e. The second-order valence-corrected chi connectivity index (χ2v) is 26.1. The van der Waals surface area contributed by atoms with Gasteiger partial charge in [0.15, 0.2) is 11.5 Å². The average molecular weight is 1410 g/mol. The molecule has 34 nitrogen and oxygen atoms in total. The summed E-state index contributed by atoms with van der Waals surface area (Å²) >= 11 is 12.4. The van der Waals surface area contributed by atoms with Gasteiger partial charge < -0.3 is 58.8 Å². The van der Waals surface area contributed by atoms with Gasteiger partial charge in [0.1, 0.15) is 83.5 Å². The van der Waals surface area contributed by atoms with E-state index in [2.05, 4.69) is 71.6 Å². The third-order valence-corrected chi connectivity index (χ3v) is 16.9. The number of hydrogen-bond donors (Lipinski definition) is 6. The van der Waals surface area contributed by atoms with Gasteiger partial charge in [0.25, 0.3) is 0 Å². The van der Waals surface area contributed by atoms with E-state index in [1.54, 1.807) is 12.1 Å². The molecule has 0 fully saturated rings. The average Bonchev–Trinajstić information content (AvgIpc) is 0.803. The van der Waals surface area contributed by atoms with Crippen molar-refractivity contribution in [3.05, 3.63) is 125 Å². The van der Waals surface area contributed by atoms with Gasteiger partial charge in [-0.25, -0.2) is 50.5 Å². The zero-order chi connectivity index (χ0) is 63.3. The van der Waals surface area contributed by atoms with Crippen LogP contribution in [0.15, 0.2) is 159 Å². The Labute approximate surface area is 575 Å². The second kappa shape index (κ2) is 26.9. The van der Waals surface area contributed by atoms with Crippen LogP contribution in [0.4, 0.5) is 63.6 Å². The Morgan fingerprint density at radius 2 is 0.787 bits per heavy atom. The SMILES string of the molecule is O=S(=O)([O-])c1cc(Nc2nc(Cl)nc(NCc3ccc(Nc4nc(Cl)nc(Nc5cc(S(=O)(=O)[O-])cc6cc(S(=O)(=O)[O-])c(N=Nc7ccccc7S(=O)(=O)[O-])c(O)c56)n4)cc3)n2)c2c(O)c(N=Nc3ccccc3S(=O)(=O)[O-])c(S(=O)(=O)[O-])cc2c1.[K+].[Na+]. The Morgan fingerprint density at radius 1 is 0.427 bits per heavy atom. The number of halogens is 2. The predicted molar refractivity (Wildman–Crippen MR) is 294 cm³/mol. The van der Waals surface area contributed by atoms with Crippen LogP contribution in [0.1, 0.15) is 5.56 Å². The number of nitrogens with one attached hydrogen (secondary N) is 4. The number of aromatic nitrogens is 6. The van der Waals surface area contributed by atoms with Crippen molar-refractivity contribution < 1.29 is 169 Å². The first-order valence-corrected chi connectivity index (χ1v) is 32.1. The third-order valence-electron chi connectivity index (χ3n) is 11.5. The van der Waals surface area contributed by atoms with Crippen molar-refractivity contribution in [2.75, 3.05) is 21.3 Å². The first-order chi connectivity index (χ1) is 40.5. The molecule has 6 N–H and O–H groups in total. The topological polar surface area (TPSA) is 559 Å². The van der Waals surface area contributed by atoms with Crippen LogP contribution in [0, 0.1) is 0 Å². The predicted octanol–water partition coefficient (Wildman–Crippen LogP) is 0.187. The van der Waals surface area contributed by atoms with E-state index in [9.17, 15) is 88.0 Å². The van der Waals surface area contributed by atoms with Crippen LogP contribution < -0.4 is 102 Å². The summed E-state index contributed by atoms with van der Waals surface area (Å²) in [5, 5.41) is 44.9. The van der Waals surface area contributed by atoms with Gasteiger partial charge in [0.05, 0.1) is 40.7 Å². The van der Waals surface area contributed by atoms with E-state index in [0.29, 0.717) is 42.0 Å². The molecule has 89 heavy (non-hydrogen) atoms. The maximum Gasteiger partial charge on any atom is 1.00 e. The van der Waals surface area contributed by atoms with Crippen LogP contribution in [-0.4, -0.2) is 118 Å². The molecule has 0 spiro atoms. The number of azo groups is 2. The summed E-state index contributed by atoms with van der Waals surface area (Å²) in [6, 6.07) is 18.1. The molecule has 0 atom stereocenters. The second-order valence-electron chi connectivity index (χ2n) is 17.3. The summed E-state index contributed by atoms with van der Waals surface area (Å²) in [4.78, 5) is 17.6. The molecular formula is C45H26Cl2KN14NaO20S6-4. The number of benzene rings is 7. The molecule has 2 heterocycles. The number of hydrogen-bond acceptors (Lipinski definition) is 34. The van der Waals surface area contributed by atoms with Crippen LogP contribution in [-0.2, 0) is 67.3 Å². The summed E-state index contributed by atoms with van der Waals surface area (Å²) in [5.41, 5.74) is -3.85. The van der Waals surface area contributed by atoms with E-state index < -0.39 is 180 Å². The van der Waals surface area contributed by atoms with Gasteiger partial charge in [-0.15, -0.1) is 20.5 Å². The maximum atomic E-state index is 12.5. The van der Waals surface area contributed by atoms with E-state index in [4.69, 9.17) is 23.2 Å². The van der Waals surface area contributed by atoms with Gasteiger partial charge in [-0.3, -0.25) is 0 Å². The van der Waals surface area contributed by atoms with Crippen LogP contribution >= 0.6 is 23.2 Å². The Morgan fingerprint density at radius 3 is 1.17 bits per heavy atom. The van der Waals surface area contributed by atoms with Crippen LogP contribution in [0.5, 0.6) is 11.5 Å².